The third-order valence-electron chi connectivity index (χ3n) is 2.44. The van der Waals surface area contributed by atoms with Crippen molar-refractivity contribution in [2.75, 3.05) is 39.8 Å². The first kappa shape index (κ1) is 13.9. The second-order valence-electron chi connectivity index (χ2n) is 5.33. The standard InChI is InChI=1S/C12H28N2/c1-7-14(8-2)10-9-13(6)11-12(3,4)5/h7-11H2,1-6H3. The molecule has 0 spiro atoms. The predicted molar refractivity (Wildman–Crippen MR) is 64.7 cm³/mol. The third-order valence-corrected chi connectivity index (χ3v) is 2.44. The molecule has 0 bridgehead atoms. The number of rotatable bonds is 6. The molecule has 86 valence electrons. The first-order chi connectivity index (χ1) is 6.39. The first-order valence-electron chi connectivity index (χ1n) is 5.80. The van der Waals surface area contributed by atoms with E-state index in [0.717, 1.165) is 0 Å². The van der Waals surface area contributed by atoms with E-state index in [4.69, 9.17) is 0 Å². The van der Waals surface area contributed by atoms with Crippen molar-refractivity contribution in [3.05, 3.63) is 0 Å². The van der Waals surface area contributed by atoms with Gasteiger partial charge in [-0.3, -0.25) is 0 Å². The van der Waals surface area contributed by atoms with E-state index in [2.05, 4.69) is 51.5 Å². The zero-order valence-corrected chi connectivity index (χ0v) is 10.9. The Morgan fingerprint density at radius 3 is 1.79 bits per heavy atom. The van der Waals surface area contributed by atoms with Crippen LogP contribution in [0, 0.1) is 5.41 Å². The van der Waals surface area contributed by atoms with Crippen LogP contribution < -0.4 is 0 Å². The average molecular weight is 200 g/mol. The van der Waals surface area contributed by atoms with Gasteiger partial charge in [-0.05, 0) is 25.6 Å². The van der Waals surface area contributed by atoms with E-state index in [1.807, 2.05) is 0 Å². The molecule has 0 heterocycles. The minimum atomic E-state index is 0.415. The molecule has 0 N–H and O–H groups in total. The zero-order valence-electron chi connectivity index (χ0n) is 10.9. The van der Waals surface area contributed by atoms with E-state index in [9.17, 15) is 0 Å². The van der Waals surface area contributed by atoms with Crippen LogP contribution in [0.1, 0.15) is 34.6 Å². The molecule has 0 aromatic heterocycles. The highest BCUT2D eigenvalue weighted by molar-refractivity contribution is 4.67. The van der Waals surface area contributed by atoms with Crippen LogP contribution in [0.25, 0.3) is 0 Å². The van der Waals surface area contributed by atoms with Gasteiger partial charge < -0.3 is 9.80 Å². The van der Waals surface area contributed by atoms with Gasteiger partial charge in [-0.2, -0.15) is 0 Å². The molecule has 0 aliphatic rings. The molecule has 2 heteroatoms. The Hall–Kier alpha value is -0.0800. The predicted octanol–water partition coefficient (Wildman–Crippen LogP) is 2.31. The average Bonchev–Trinajstić information content (AvgIpc) is 2.03. The molecule has 0 amide bonds. The summed E-state index contributed by atoms with van der Waals surface area (Å²) in [4.78, 5) is 4.90. The molecule has 0 radical (unpaired) electrons. The second-order valence-corrected chi connectivity index (χ2v) is 5.33. The molecular formula is C12H28N2. The maximum atomic E-state index is 2.47. The first-order valence-corrected chi connectivity index (χ1v) is 5.80. The summed E-state index contributed by atoms with van der Waals surface area (Å²) in [7, 11) is 2.22. The molecule has 0 aliphatic heterocycles. The Balaban J connectivity index is 3.67. The van der Waals surface area contributed by atoms with Gasteiger partial charge in [0, 0.05) is 19.6 Å². The fourth-order valence-electron chi connectivity index (χ4n) is 1.74. The molecule has 0 saturated carbocycles. The molecule has 0 aliphatic carbocycles. The summed E-state index contributed by atoms with van der Waals surface area (Å²) in [6, 6.07) is 0. The summed E-state index contributed by atoms with van der Waals surface area (Å²) < 4.78 is 0. The third kappa shape index (κ3) is 7.34. The van der Waals surface area contributed by atoms with E-state index < -0.39 is 0 Å². The molecule has 0 rings (SSSR count). The number of likely N-dealkylation sites (N-methyl/N-ethyl adjacent to an activating group) is 2. The van der Waals surface area contributed by atoms with Gasteiger partial charge in [0.2, 0.25) is 0 Å². The fraction of sp³-hybridized carbons (Fsp3) is 1.00. The van der Waals surface area contributed by atoms with Crippen LogP contribution >= 0.6 is 0 Å². The normalized spacial score (nSPS) is 12.9. The zero-order chi connectivity index (χ0) is 11.2. The maximum absolute atomic E-state index is 2.47. The smallest absolute Gasteiger partial charge is 0.0109 e. The van der Waals surface area contributed by atoms with Crippen LogP contribution in [0.5, 0.6) is 0 Å². The SMILES string of the molecule is CCN(CC)CCN(C)CC(C)(C)C. The van der Waals surface area contributed by atoms with E-state index in [-0.39, 0.29) is 0 Å². The summed E-state index contributed by atoms with van der Waals surface area (Å²) in [5.41, 5.74) is 0.415. The molecule has 0 saturated heterocycles. The molecule has 0 atom stereocenters. The Labute approximate surface area is 90.3 Å². The van der Waals surface area contributed by atoms with E-state index in [0.29, 0.717) is 5.41 Å². The Morgan fingerprint density at radius 1 is 0.929 bits per heavy atom. The minimum absolute atomic E-state index is 0.415. The van der Waals surface area contributed by atoms with Crippen molar-refractivity contribution in [1.82, 2.24) is 9.80 Å². The largest absolute Gasteiger partial charge is 0.305 e. The van der Waals surface area contributed by atoms with Crippen molar-refractivity contribution in [3.63, 3.8) is 0 Å². The van der Waals surface area contributed by atoms with Gasteiger partial charge in [0.15, 0.2) is 0 Å². The summed E-state index contributed by atoms with van der Waals surface area (Å²) in [5, 5.41) is 0. The van der Waals surface area contributed by atoms with E-state index in [1.54, 1.807) is 0 Å². The van der Waals surface area contributed by atoms with Gasteiger partial charge in [0.05, 0.1) is 0 Å². The maximum Gasteiger partial charge on any atom is 0.0109 e. The van der Waals surface area contributed by atoms with Gasteiger partial charge in [-0.15, -0.1) is 0 Å². The monoisotopic (exact) mass is 200 g/mol. The highest BCUT2D eigenvalue weighted by Crippen LogP contribution is 2.13. The Bertz CT molecular complexity index is 134. The van der Waals surface area contributed by atoms with E-state index in [1.165, 1.54) is 32.7 Å². The summed E-state index contributed by atoms with van der Waals surface area (Å²) >= 11 is 0. The van der Waals surface area contributed by atoms with Crippen molar-refractivity contribution in [2.24, 2.45) is 5.41 Å². The summed E-state index contributed by atoms with van der Waals surface area (Å²) in [6.45, 7) is 17.2. The lowest BCUT2D eigenvalue weighted by molar-refractivity contribution is 0.193. The Kier molecular flexibility index (Phi) is 6.38. The highest BCUT2D eigenvalue weighted by Gasteiger charge is 2.13. The topological polar surface area (TPSA) is 6.48 Å². The van der Waals surface area contributed by atoms with Gasteiger partial charge in [-0.25, -0.2) is 0 Å². The van der Waals surface area contributed by atoms with Crippen LogP contribution in [0.15, 0.2) is 0 Å². The molecule has 0 fully saturated rings. The van der Waals surface area contributed by atoms with Crippen LogP contribution in [-0.4, -0.2) is 49.6 Å². The van der Waals surface area contributed by atoms with Gasteiger partial charge in [0.25, 0.3) is 0 Å². The number of hydrogen-bond donors (Lipinski definition) is 0. The molecule has 0 unspecified atom stereocenters. The molecule has 2 nitrogen and oxygen atoms in total. The Morgan fingerprint density at radius 2 is 1.43 bits per heavy atom. The lowest BCUT2D eigenvalue weighted by Crippen LogP contribution is -2.36. The summed E-state index contributed by atoms with van der Waals surface area (Å²) in [6.07, 6.45) is 0. The van der Waals surface area contributed by atoms with Crippen molar-refractivity contribution in [1.29, 1.82) is 0 Å². The van der Waals surface area contributed by atoms with Crippen LogP contribution in [-0.2, 0) is 0 Å². The van der Waals surface area contributed by atoms with Crippen molar-refractivity contribution in [3.8, 4) is 0 Å². The molecule has 0 aromatic carbocycles. The van der Waals surface area contributed by atoms with Gasteiger partial charge in [-0.1, -0.05) is 34.6 Å². The van der Waals surface area contributed by atoms with E-state index >= 15 is 0 Å². The molecule has 14 heavy (non-hydrogen) atoms. The quantitative estimate of drug-likeness (QED) is 0.649. The minimum Gasteiger partial charge on any atom is -0.305 e. The lowest BCUT2D eigenvalue weighted by atomic mass is 9.96. The number of nitrogens with zero attached hydrogens (tertiary/aromatic N) is 2. The number of hydrogen-bond acceptors (Lipinski definition) is 2. The fourth-order valence-corrected chi connectivity index (χ4v) is 1.74. The van der Waals surface area contributed by atoms with Crippen molar-refractivity contribution >= 4 is 0 Å². The van der Waals surface area contributed by atoms with Crippen molar-refractivity contribution in [2.45, 2.75) is 34.6 Å². The molecule has 0 aromatic rings. The highest BCUT2D eigenvalue weighted by atomic mass is 15.2. The van der Waals surface area contributed by atoms with Crippen LogP contribution in [0.4, 0.5) is 0 Å². The van der Waals surface area contributed by atoms with Crippen LogP contribution in [0.3, 0.4) is 0 Å². The lowest BCUT2D eigenvalue weighted by Gasteiger charge is -2.28. The van der Waals surface area contributed by atoms with Gasteiger partial charge >= 0.3 is 0 Å². The van der Waals surface area contributed by atoms with Crippen molar-refractivity contribution < 1.29 is 0 Å². The van der Waals surface area contributed by atoms with Gasteiger partial charge in [0.1, 0.15) is 0 Å². The summed E-state index contributed by atoms with van der Waals surface area (Å²) in [5.74, 6) is 0. The second kappa shape index (κ2) is 6.41. The van der Waals surface area contributed by atoms with Crippen LogP contribution in [0.2, 0.25) is 0 Å². The molecular weight excluding hydrogens is 172 g/mol.